The number of thioether (sulfide) groups is 1. The third kappa shape index (κ3) is 7.14. The summed E-state index contributed by atoms with van der Waals surface area (Å²) in [6, 6.07) is 9.93. The quantitative estimate of drug-likeness (QED) is 0.216. The number of pyridine rings is 1. The van der Waals surface area contributed by atoms with E-state index >= 15 is 0 Å². The maximum atomic E-state index is 12.6. The van der Waals surface area contributed by atoms with Crippen molar-refractivity contribution < 1.29 is 14.1 Å². The number of amides is 1. The van der Waals surface area contributed by atoms with Gasteiger partial charge < -0.3 is 15.7 Å². The first kappa shape index (κ1) is 26.0. The lowest BCUT2D eigenvalue weighted by Crippen LogP contribution is -2.48. The predicted molar refractivity (Wildman–Crippen MR) is 133 cm³/mol. The van der Waals surface area contributed by atoms with Gasteiger partial charge in [-0.25, -0.2) is 9.19 Å². The number of likely N-dealkylation sites (N-methyl/N-ethyl adjacent to an activating group) is 1. The monoisotopic (exact) mass is 495 g/mol. The third-order valence-corrected chi connectivity index (χ3v) is 6.88. The van der Waals surface area contributed by atoms with Crippen molar-refractivity contribution in [3.05, 3.63) is 59.0 Å². The van der Waals surface area contributed by atoms with Crippen molar-refractivity contribution >= 4 is 57.6 Å². The lowest BCUT2D eigenvalue weighted by Gasteiger charge is -2.19. The van der Waals surface area contributed by atoms with Gasteiger partial charge in [-0.15, -0.1) is 11.8 Å². The fourth-order valence-corrected chi connectivity index (χ4v) is 4.69. The van der Waals surface area contributed by atoms with Crippen LogP contribution in [0.25, 0.3) is 4.91 Å². The Labute approximate surface area is 199 Å². The molecule has 11 heteroatoms. The van der Waals surface area contributed by atoms with Gasteiger partial charge in [0, 0.05) is 16.7 Å². The van der Waals surface area contributed by atoms with Gasteiger partial charge in [-0.2, -0.15) is 0 Å². The van der Waals surface area contributed by atoms with Crippen molar-refractivity contribution in [3.63, 3.8) is 0 Å². The second-order valence-electron chi connectivity index (χ2n) is 6.66. The van der Waals surface area contributed by atoms with Crippen LogP contribution in [0, 0.1) is 0 Å². The molecule has 172 valence electrons. The highest BCUT2D eigenvalue weighted by Gasteiger charge is 2.21. The fraction of sp³-hybridized carbons (Fsp3) is 0.286. The first-order chi connectivity index (χ1) is 15.3. The maximum absolute atomic E-state index is 12.6. The largest absolute Gasteiger partial charge is 0.391 e. The molecule has 1 aromatic carbocycles. The number of rotatable bonds is 11. The third-order valence-electron chi connectivity index (χ3n) is 4.37. The Kier molecular flexibility index (Phi) is 10.3. The summed E-state index contributed by atoms with van der Waals surface area (Å²) in [5.74, 6) is -0.0961. The highest BCUT2D eigenvalue weighted by Crippen LogP contribution is 2.33. The Hall–Kier alpha value is -2.24. The summed E-state index contributed by atoms with van der Waals surface area (Å²) in [4.78, 5) is 21.8. The second kappa shape index (κ2) is 12.7. The summed E-state index contributed by atoms with van der Waals surface area (Å²) in [5, 5.41) is 15.4. The molecule has 1 aromatic heterocycles. The first-order valence-corrected chi connectivity index (χ1v) is 12.1. The van der Waals surface area contributed by atoms with Crippen LogP contribution in [-0.4, -0.2) is 52.0 Å². The molecule has 2 unspecified atom stereocenters. The zero-order valence-electron chi connectivity index (χ0n) is 18.0. The van der Waals surface area contributed by atoms with Gasteiger partial charge in [0.25, 0.3) is 0 Å². The van der Waals surface area contributed by atoms with Crippen molar-refractivity contribution in [2.45, 2.75) is 30.9 Å². The molecule has 0 bridgehead atoms. The molecule has 32 heavy (non-hydrogen) atoms. The molecule has 0 saturated heterocycles. The zero-order chi connectivity index (χ0) is 23.7. The van der Waals surface area contributed by atoms with Crippen LogP contribution < -0.4 is 15.4 Å². The van der Waals surface area contributed by atoms with Crippen molar-refractivity contribution in [1.29, 1.82) is 0 Å². The number of halogens is 1. The summed E-state index contributed by atoms with van der Waals surface area (Å²) >= 11 is 7.54. The van der Waals surface area contributed by atoms with E-state index in [1.165, 1.54) is 18.7 Å². The van der Waals surface area contributed by atoms with E-state index in [0.717, 1.165) is 4.91 Å². The number of nitrogens with one attached hydrogen (secondary N) is 3. The minimum Gasteiger partial charge on any atom is -0.391 e. The Morgan fingerprint density at radius 3 is 2.66 bits per heavy atom. The van der Waals surface area contributed by atoms with Crippen molar-refractivity contribution in [3.8, 4) is 0 Å². The molecular formula is C21H26ClN5O3S2. The molecule has 0 radical (unpaired) electrons. The number of nitrogens with zero attached hydrogens (tertiary/aromatic N) is 2. The molecule has 0 aliphatic heterocycles. The molecule has 2 rings (SSSR count). The number of benzene rings is 1. The first-order valence-electron chi connectivity index (χ1n) is 9.61. The molecule has 1 amide bonds. The highest BCUT2D eigenvalue weighted by molar-refractivity contribution is 8.08. The molecule has 0 saturated carbocycles. The lowest BCUT2D eigenvalue weighted by molar-refractivity contribution is -0.124. The van der Waals surface area contributed by atoms with Gasteiger partial charge in [0.2, 0.25) is 5.91 Å². The Morgan fingerprint density at radius 2 is 2.06 bits per heavy atom. The molecule has 4 N–H and O–H groups in total. The Bertz CT molecular complexity index is 1000. The number of hydrogen-bond acceptors (Lipinski definition) is 7. The van der Waals surface area contributed by atoms with E-state index < -0.39 is 23.1 Å². The van der Waals surface area contributed by atoms with Gasteiger partial charge in [-0.3, -0.25) is 14.5 Å². The summed E-state index contributed by atoms with van der Waals surface area (Å²) in [6.45, 7) is 6.91. The van der Waals surface area contributed by atoms with E-state index in [1.54, 1.807) is 50.5 Å². The van der Waals surface area contributed by atoms with Crippen LogP contribution in [0.3, 0.4) is 0 Å². The van der Waals surface area contributed by atoms with Gasteiger partial charge >= 0.3 is 0 Å². The summed E-state index contributed by atoms with van der Waals surface area (Å²) in [6.07, 6.45) is 0.737. The Morgan fingerprint density at radius 1 is 1.38 bits per heavy atom. The number of carbonyl (C=O) groups excluding carboxylic acids is 1. The maximum Gasteiger partial charge on any atom is 0.240 e. The van der Waals surface area contributed by atoms with Crippen molar-refractivity contribution in [1.82, 2.24) is 15.6 Å². The molecule has 0 fully saturated rings. The normalized spacial score (nSPS) is 14.7. The summed E-state index contributed by atoms with van der Waals surface area (Å²) < 4.78 is 15.5. The fourth-order valence-electron chi connectivity index (χ4n) is 2.70. The standard InChI is InChI=1S/C21H26ClN5O3S2/c1-13(23-3)19(31-12-26-21(29)18(24-4)14(2)28)15-10-17(20(22)25-11-15)27-32(30)16-8-6-5-7-9-16/h5-11,14,18,24,27-28H,3,12H2,1-2,4H3,(H,26,29)/b19-13-/t14-,18?,32?/m1/s1. The minimum absolute atomic E-state index is 0.175. The number of allylic oxidation sites excluding steroid dienone is 1. The zero-order valence-corrected chi connectivity index (χ0v) is 20.4. The van der Waals surface area contributed by atoms with Crippen LogP contribution in [0.1, 0.15) is 19.4 Å². The molecule has 0 spiro atoms. The number of anilines is 1. The van der Waals surface area contributed by atoms with Crippen LogP contribution in [0.2, 0.25) is 5.15 Å². The SMILES string of the molecule is C=N/C(C)=C(\SCNC(=O)C(NC)[C@@H](C)O)c1cnc(Cl)c(NS(=O)c2ccccc2)c1. The highest BCUT2D eigenvalue weighted by atomic mass is 35.5. The Balaban J connectivity index is 2.20. The van der Waals surface area contributed by atoms with Gasteiger partial charge in [-0.05, 0) is 45.8 Å². The van der Waals surface area contributed by atoms with E-state index in [2.05, 4.69) is 32.0 Å². The van der Waals surface area contributed by atoms with Gasteiger partial charge in [0.15, 0.2) is 5.15 Å². The average Bonchev–Trinajstić information content (AvgIpc) is 2.78. The summed E-state index contributed by atoms with van der Waals surface area (Å²) in [5.41, 5.74) is 1.70. The van der Waals surface area contributed by atoms with E-state index in [4.69, 9.17) is 11.6 Å². The number of aliphatic imine (C=N–C) groups is 1. The summed E-state index contributed by atoms with van der Waals surface area (Å²) in [7, 11) is 0.0838. The number of hydrogen-bond donors (Lipinski definition) is 4. The number of aliphatic hydroxyl groups excluding tert-OH is 1. The van der Waals surface area contributed by atoms with Crippen LogP contribution in [-0.2, 0) is 15.8 Å². The molecule has 1 heterocycles. The number of aromatic nitrogens is 1. The molecule has 0 aliphatic rings. The van der Waals surface area contributed by atoms with Crippen LogP contribution >= 0.6 is 23.4 Å². The smallest absolute Gasteiger partial charge is 0.240 e. The van der Waals surface area contributed by atoms with E-state index in [0.29, 0.717) is 21.8 Å². The van der Waals surface area contributed by atoms with E-state index in [1.807, 2.05) is 6.07 Å². The predicted octanol–water partition coefficient (Wildman–Crippen LogP) is 3.03. The molecule has 2 aromatic rings. The van der Waals surface area contributed by atoms with Crippen LogP contribution in [0.5, 0.6) is 0 Å². The van der Waals surface area contributed by atoms with Crippen molar-refractivity contribution in [2.75, 3.05) is 17.6 Å². The molecule has 0 aliphatic carbocycles. The van der Waals surface area contributed by atoms with Gasteiger partial charge in [-0.1, -0.05) is 29.8 Å². The molecular weight excluding hydrogens is 470 g/mol. The molecule has 8 nitrogen and oxygen atoms in total. The lowest BCUT2D eigenvalue weighted by atomic mass is 10.2. The van der Waals surface area contributed by atoms with Crippen LogP contribution in [0.15, 0.2) is 58.2 Å². The topological polar surface area (TPSA) is 116 Å². The minimum atomic E-state index is -1.52. The van der Waals surface area contributed by atoms with Gasteiger partial charge in [0.05, 0.1) is 28.3 Å². The number of carbonyl (C=O) groups is 1. The second-order valence-corrected chi connectivity index (χ2v) is 9.21. The van der Waals surface area contributed by atoms with E-state index in [9.17, 15) is 14.1 Å². The van der Waals surface area contributed by atoms with Crippen LogP contribution in [0.4, 0.5) is 5.69 Å². The molecule has 3 atom stereocenters. The number of aliphatic hydroxyl groups is 1. The van der Waals surface area contributed by atoms with Crippen molar-refractivity contribution in [2.24, 2.45) is 4.99 Å². The van der Waals surface area contributed by atoms with E-state index in [-0.39, 0.29) is 16.9 Å². The average molecular weight is 496 g/mol. The van der Waals surface area contributed by atoms with Gasteiger partial charge in [0.1, 0.15) is 17.0 Å².